The second kappa shape index (κ2) is 3.85. The predicted molar refractivity (Wildman–Crippen MR) is 60.9 cm³/mol. The number of hydrogen-bond donors (Lipinski definition) is 0. The lowest BCUT2D eigenvalue weighted by Gasteiger charge is -1.87. The summed E-state index contributed by atoms with van der Waals surface area (Å²) in [5.74, 6) is 1.55. The van der Waals surface area contributed by atoms with Crippen LogP contribution in [0.3, 0.4) is 0 Å². The zero-order chi connectivity index (χ0) is 11.8. The molecule has 86 valence electrons. The van der Waals surface area contributed by atoms with Gasteiger partial charge in [0.2, 0.25) is 17.7 Å². The minimum Gasteiger partial charge on any atom is -0.440 e. The van der Waals surface area contributed by atoms with Crippen molar-refractivity contribution in [2.75, 3.05) is 0 Å². The summed E-state index contributed by atoms with van der Waals surface area (Å²) in [5, 5.41) is 8.25. The second-order valence-electron chi connectivity index (χ2n) is 3.61. The van der Waals surface area contributed by atoms with Crippen molar-refractivity contribution in [3.05, 3.63) is 40.9 Å². The highest BCUT2D eigenvalue weighted by atomic mass is 35.5. The van der Waals surface area contributed by atoms with E-state index in [2.05, 4.69) is 15.2 Å². The van der Waals surface area contributed by atoms with Crippen molar-refractivity contribution in [3.63, 3.8) is 0 Å². The molecule has 3 aromatic rings. The van der Waals surface area contributed by atoms with E-state index in [1.807, 2.05) is 6.07 Å². The topological polar surface area (TPSA) is 65.0 Å². The van der Waals surface area contributed by atoms with Crippen molar-refractivity contribution in [1.82, 2.24) is 15.2 Å². The summed E-state index contributed by atoms with van der Waals surface area (Å²) in [6.07, 6.45) is 0.382. The normalized spacial score (nSPS) is 11.2. The van der Waals surface area contributed by atoms with Crippen LogP contribution in [0.15, 0.2) is 27.0 Å². The Balaban J connectivity index is 1.95. The van der Waals surface area contributed by atoms with Crippen LogP contribution in [-0.4, -0.2) is 15.2 Å². The van der Waals surface area contributed by atoms with Gasteiger partial charge in [0.05, 0.1) is 0 Å². The Labute approximate surface area is 101 Å². The van der Waals surface area contributed by atoms with Crippen LogP contribution in [0.25, 0.3) is 11.1 Å². The zero-order valence-corrected chi connectivity index (χ0v) is 9.73. The van der Waals surface area contributed by atoms with Crippen LogP contribution in [0.2, 0.25) is 5.02 Å². The van der Waals surface area contributed by atoms with Crippen molar-refractivity contribution in [2.45, 2.75) is 13.3 Å². The van der Waals surface area contributed by atoms with Gasteiger partial charge in [-0.05, 0) is 12.1 Å². The fourth-order valence-electron chi connectivity index (χ4n) is 1.56. The molecule has 0 unspecified atom stereocenters. The number of rotatable bonds is 2. The molecule has 0 saturated carbocycles. The summed E-state index contributed by atoms with van der Waals surface area (Å²) >= 11 is 5.86. The van der Waals surface area contributed by atoms with Gasteiger partial charge in [0.25, 0.3) is 0 Å². The van der Waals surface area contributed by atoms with E-state index in [4.69, 9.17) is 20.4 Å². The molecule has 5 nitrogen and oxygen atoms in total. The minimum atomic E-state index is 0.382. The third-order valence-corrected chi connectivity index (χ3v) is 2.50. The second-order valence-corrected chi connectivity index (χ2v) is 4.05. The summed E-state index contributed by atoms with van der Waals surface area (Å²) < 4.78 is 10.8. The quantitative estimate of drug-likeness (QED) is 0.699. The Morgan fingerprint density at radius 2 is 2.06 bits per heavy atom. The molecule has 6 heteroatoms. The Hall–Kier alpha value is -1.88. The summed E-state index contributed by atoms with van der Waals surface area (Å²) in [6, 6.07) is 5.31. The average molecular weight is 250 g/mol. The average Bonchev–Trinajstić information content (AvgIpc) is 2.84. The molecule has 0 saturated heterocycles. The number of hydrogen-bond acceptors (Lipinski definition) is 5. The standard InChI is InChI=1S/C11H8ClN3O2/c1-6-14-15-11(16-6)5-10-13-8-3-2-7(12)4-9(8)17-10/h2-4H,5H2,1H3. The van der Waals surface area contributed by atoms with E-state index < -0.39 is 0 Å². The fraction of sp³-hybridized carbons (Fsp3) is 0.182. The van der Waals surface area contributed by atoms with Gasteiger partial charge in [0, 0.05) is 18.0 Å². The van der Waals surface area contributed by atoms with Crippen molar-refractivity contribution in [2.24, 2.45) is 0 Å². The van der Waals surface area contributed by atoms with Crippen LogP contribution in [0.5, 0.6) is 0 Å². The van der Waals surface area contributed by atoms with Gasteiger partial charge < -0.3 is 8.83 Å². The largest absolute Gasteiger partial charge is 0.440 e. The van der Waals surface area contributed by atoms with Gasteiger partial charge in [-0.2, -0.15) is 0 Å². The van der Waals surface area contributed by atoms with E-state index in [0.29, 0.717) is 34.7 Å². The lowest BCUT2D eigenvalue weighted by Crippen LogP contribution is -1.87. The lowest BCUT2D eigenvalue weighted by atomic mass is 10.3. The Morgan fingerprint density at radius 3 is 2.82 bits per heavy atom. The van der Waals surface area contributed by atoms with Crippen LogP contribution in [-0.2, 0) is 6.42 Å². The molecule has 0 amide bonds. The van der Waals surface area contributed by atoms with Crippen molar-refractivity contribution < 1.29 is 8.83 Å². The highest BCUT2D eigenvalue weighted by Gasteiger charge is 2.10. The van der Waals surface area contributed by atoms with Gasteiger partial charge >= 0.3 is 0 Å². The SMILES string of the molecule is Cc1nnc(Cc2nc3ccc(Cl)cc3o2)o1. The van der Waals surface area contributed by atoms with E-state index >= 15 is 0 Å². The summed E-state index contributed by atoms with van der Waals surface area (Å²) in [5.41, 5.74) is 1.42. The molecule has 0 fully saturated rings. The Bertz CT molecular complexity index is 674. The molecular formula is C11H8ClN3O2. The van der Waals surface area contributed by atoms with Crippen LogP contribution in [0.4, 0.5) is 0 Å². The Kier molecular flexibility index (Phi) is 2.33. The van der Waals surface area contributed by atoms with E-state index in [0.717, 1.165) is 5.52 Å². The smallest absolute Gasteiger partial charge is 0.225 e. The highest BCUT2D eigenvalue weighted by molar-refractivity contribution is 6.31. The first-order chi connectivity index (χ1) is 8.20. The maximum atomic E-state index is 5.86. The van der Waals surface area contributed by atoms with E-state index in [9.17, 15) is 0 Å². The molecule has 0 atom stereocenters. The number of benzene rings is 1. The number of halogens is 1. The summed E-state index contributed by atoms with van der Waals surface area (Å²) in [6.45, 7) is 1.74. The highest BCUT2D eigenvalue weighted by Crippen LogP contribution is 2.21. The number of nitrogens with zero attached hydrogens (tertiary/aromatic N) is 3. The monoisotopic (exact) mass is 249 g/mol. The van der Waals surface area contributed by atoms with Crippen molar-refractivity contribution >= 4 is 22.7 Å². The first-order valence-electron chi connectivity index (χ1n) is 5.05. The molecule has 0 spiro atoms. The summed E-state index contributed by atoms with van der Waals surface area (Å²) in [7, 11) is 0. The maximum Gasteiger partial charge on any atom is 0.225 e. The Morgan fingerprint density at radius 1 is 1.18 bits per heavy atom. The van der Waals surface area contributed by atoms with Gasteiger partial charge in [-0.1, -0.05) is 11.6 Å². The first kappa shape index (κ1) is 10.3. The minimum absolute atomic E-state index is 0.382. The van der Waals surface area contributed by atoms with E-state index in [1.54, 1.807) is 19.1 Å². The van der Waals surface area contributed by atoms with E-state index in [1.165, 1.54) is 0 Å². The van der Waals surface area contributed by atoms with E-state index in [-0.39, 0.29) is 0 Å². The van der Waals surface area contributed by atoms with Gasteiger partial charge in [-0.25, -0.2) is 4.98 Å². The molecule has 2 aromatic heterocycles. The predicted octanol–water partition coefficient (Wildman–Crippen LogP) is 2.76. The molecule has 17 heavy (non-hydrogen) atoms. The first-order valence-corrected chi connectivity index (χ1v) is 5.42. The molecule has 0 aliphatic rings. The molecule has 0 aliphatic carbocycles. The lowest BCUT2D eigenvalue weighted by molar-refractivity contribution is 0.451. The molecule has 0 aliphatic heterocycles. The van der Waals surface area contributed by atoms with Gasteiger partial charge in [0.15, 0.2) is 5.58 Å². The van der Waals surface area contributed by atoms with Crippen LogP contribution < -0.4 is 0 Å². The third-order valence-electron chi connectivity index (χ3n) is 2.27. The van der Waals surface area contributed by atoms with Gasteiger partial charge in [-0.3, -0.25) is 0 Å². The van der Waals surface area contributed by atoms with Crippen molar-refractivity contribution in [3.8, 4) is 0 Å². The summed E-state index contributed by atoms with van der Waals surface area (Å²) in [4.78, 5) is 4.31. The molecule has 1 aromatic carbocycles. The van der Waals surface area contributed by atoms with Gasteiger partial charge in [0.1, 0.15) is 11.9 Å². The van der Waals surface area contributed by atoms with Crippen molar-refractivity contribution in [1.29, 1.82) is 0 Å². The molecule has 0 bridgehead atoms. The molecule has 2 heterocycles. The van der Waals surface area contributed by atoms with Crippen LogP contribution >= 0.6 is 11.6 Å². The van der Waals surface area contributed by atoms with Gasteiger partial charge in [-0.15, -0.1) is 10.2 Å². The number of oxazole rings is 1. The molecular weight excluding hydrogens is 242 g/mol. The third kappa shape index (κ3) is 2.01. The number of aryl methyl sites for hydroxylation is 1. The molecule has 0 radical (unpaired) electrons. The number of fused-ring (bicyclic) bond motifs is 1. The fourth-order valence-corrected chi connectivity index (χ4v) is 1.72. The van der Waals surface area contributed by atoms with Crippen LogP contribution in [0.1, 0.15) is 17.7 Å². The zero-order valence-electron chi connectivity index (χ0n) is 8.98. The van der Waals surface area contributed by atoms with Crippen LogP contribution in [0, 0.1) is 6.92 Å². The molecule has 0 N–H and O–H groups in total. The molecule has 3 rings (SSSR count). The maximum absolute atomic E-state index is 5.86. The number of aromatic nitrogens is 3.